The highest BCUT2D eigenvalue weighted by molar-refractivity contribution is 7.89. The Hall–Kier alpha value is -1.02. The summed E-state index contributed by atoms with van der Waals surface area (Å²) in [6.45, 7) is 1.86. The third-order valence-corrected chi connectivity index (χ3v) is 5.63. The minimum absolute atomic E-state index is 0.0289. The lowest BCUT2D eigenvalue weighted by Crippen LogP contribution is -2.38. The van der Waals surface area contributed by atoms with Crippen molar-refractivity contribution >= 4 is 10.0 Å². The van der Waals surface area contributed by atoms with Gasteiger partial charge >= 0.3 is 0 Å². The van der Waals surface area contributed by atoms with Crippen molar-refractivity contribution in [3.05, 3.63) is 29.6 Å². The molecule has 0 aliphatic carbocycles. The number of hydrogen-bond acceptors (Lipinski definition) is 4. The van der Waals surface area contributed by atoms with Crippen molar-refractivity contribution in [2.24, 2.45) is 0 Å². The molecule has 20 heavy (non-hydrogen) atoms. The first-order valence-corrected chi connectivity index (χ1v) is 7.78. The number of likely N-dealkylation sites (N-methyl/N-ethyl adjacent to an activating group) is 1. The van der Waals surface area contributed by atoms with Crippen LogP contribution in [0.1, 0.15) is 5.56 Å². The number of aryl methyl sites for hydroxylation is 1. The molecule has 1 aliphatic rings. The van der Waals surface area contributed by atoms with Gasteiger partial charge in [0.15, 0.2) is 0 Å². The van der Waals surface area contributed by atoms with Crippen LogP contribution in [-0.4, -0.2) is 62.1 Å². The lowest BCUT2D eigenvalue weighted by atomic mass is 10.2. The fourth-order valence-electron chi connectivity index (χ4n) is 2.43. The number of β-amino-alcohol motifs (C(OH)–C–C–N with tert-alkyl or cyclic N) is 1. The van der Waals surface area contributed by atoms with Crippen LogP contribution in [0.2, 0.25) is 0 Å². The minimum atomic E-state index is -3.78. The van der Waals surface area contributed by atoms with E-state index >= 15 is 0 Å². The molecule has 7 heteroatoms. The van der Waals surface area contributed by atoms with E-state index in [0.29, 0.717) is 5.56 Å². The highest BCUT2D eigenvalue weighted by Crippen LogP contribution is 2.25. The summed E-state index contributed by atoms with van der Waals surface area (Å²) in [5, 5.41) is 9.94. The molecule has 1 heterocycles. The van der Waals surface area contributed by atoms with Gasteiger partial charge in [-0.3, -0.25) is 0 Å². The Kier molecular flexibility index (Phi) is 4.15. The Balaban J connectivity index is 2.35. The van der Waals surface area contributed by atoms with Crippen LogP contribution in [-0.2, 0) is 10.0 Å². The Morgan fingerprint density at radius 1 is 1.35 bits per heavy atom. The Morgan fingerprint density at radius 2 is 2.00 bits per heavy atom. The predicted octanol–water partition coefficient (Wildman–Crippen LogP) is 0.430. The molecule has 5 nitrogen and oxygen atoms in total. The standard InChI is InChI=1S/C13H19FN2O3S/c1-9-4-5-10(14)6-13(9)20(18,19)16-7-11(15(2)3)12(17)8-16/h4-6,11-12,17H,7-8H2,1-3H3/t11-,12-/m0/s1. The summed E-state index contributed by atoms with van der Waals surface area (Å²) in [6.07, 6.45) is -0.742. The summed E-state index contributed by atoms with van der Waals surface area (Å²) in [7, 11) is -0.206. The molecule has 1 aromatic rings. The number of nitrogens with zero attached hydrogens (tertiary/aromatic N) is 2. The van der Waals surface area contributed by atoms with E-state index in [9.17, 15) is 17.9 Å². The lowest BCUT2D eigenvalue weighted by molar-refractivity contribution is 0.113. The van der Waals surface area contributed by atoms with Crippen molar-refractivity contribution in [1.82, 2.24) is 9.21 Å². The van der Waals surface area contributed by atoms with Crippen LogP contribution in [0.3, 0.4) is 0 Å². The van der Waals surface area contributed by atoms with Gasteiger partial charge < -0.3 is 10.0 Å². The zero-order valence-corrected chi connectivity index (χ0v) is 12.6. The lowest BCUT2D eigenvalue weighted by Gasteiger charge is -2.21. The quantitative estimate of drug-likeness (QED) is 0.879. The topological polar surface area (TPSA) is 60.9 Å². The summed E-state index contributed by atoms with van der Waals surface area (Å²) < 4.78 is 39.6. The number of sulfonamides is 1. The Bertz CT molecular complexity index is 604. The molecule has 2 atom stereocenters. The van der Waals surface area contributed by atoms with E-state index < -0.39 is 21.9 Å². The zero-order valence-electron chi connectivity index (χ0n) is 11.7. The maximum absolute atomic E-state index is 13.3. The van der Waals surface area contributed by atoms with Crippen LogP contribution in [0, 0.1) is 12.7 Å². The molecular weight excluding hydrogens is 283 g/mol. The molecule has 0 saturated carbocycles. The van der Waals surface area contributed by atoms with Crippen LogP contribution in [0.5, 0.6) is 0 Å². The molecule has 1 aromatic carbocycles. The highest BCUT2D eigenvalue weighted by atomic mass is 32.2. The number of rotatable bonds is 3. The molecule has 0 unspecified atom stereocenters. The largest absolute Gasteiger partial charge is 0.390 e. The fourth-order valence-corrected chi connectivity index (χ4v) is 4.14. The monoisotopic (exact) mass is 302 g/mol. The van der Waals surface area contributed by atoms with Crippen molar-refractivity contribution in [3.63, 3.8) is 0 Å². The van der Waals surface area contributed by atoms with Crippen molar-refractivity contribution < 1.29 is 17.9 Å². The van der Waals surface area contributed by atoms with Crippen LogP contribution >= 0.6 is 0 Å². The van der Waals surface area contributed by atoms with Gasteiger partial charge in [0.2, 0.25) is 10.0 Å². The number of halogens is 1. The van der Waals surface area contributed by atoms with Crippen LogP contribution < -0.4 is 0 Å². The van der Waals surface area contributed by atoms with Gasteiger partial charge in [0.05, 0.1) is 17.0 Å². The molecule has 0 spiro atoms. The maximum atomic E-state index is 13.3. The fraction of sp³-hybridized carbons (Fsp3) is 0.538. The van der Waals surface area contributed by atoms with Crippen LogP contribution in [0.4, 0.5) is 4.39 Å². The van der Waals surface area contributed by atoms with Gasteiger partial charge in [0.1, 0.15) is 5.82 Å². The van der Waals surface area contributed by atoms with Gasteiger partial charge in [-0.15, -0.1) is 0 Å². The molecule has 0 radical (unpaired) electrons. The second-order valence-corrected chi connectivity index (χ2v) is 7.24. The molecular formula is C13H19FN2O3S. The molecule has 1 fully saturated rings. The minimum Gasteiger partial charge on any atom is -0.390 e. The second kappa shape index (κ2) is 5.40. The van der Waals surface area contributed by atoms with Crippen LogP contribution in [0.15, 0.2) is 23.1 Å². The van der Waals surface area contributed by atoms with E-state index in [4.69, 9.17) is 0 Å². The molecule has 2 rings (SSSR count). The summed E-state index contributed by atoms with van der Waals surface area (Å²) in [5.41, 5.74) is 0.495. The third kappa shape index (κ3) is 2.71. The molecule has 0 aromatic heterocycles. The van der Waals surface area contributed by atoms with Crippen molar-refractivity contribution in [1.29, 1.82) is 0 Å². The SMILES string of the molecule is Cc1ccc(F)cc1S(=O)(=O)N1C[C@H](O)[C@@H](N(C)C)C1. The number of benzene rings is 1. The predicted molar refractivity (Wildman–Crippen MR) is 73.4 cm³/mol. The molecule has 0 amide bonds. The first-order chi connectivity index (χ1) is 9.23. The van der Waals surface area contributed by atoms with Gasteiger partial charge in [-0.05, 0) is 38.7 Å². The van der Waals surface area contributed by atoms with E-state index in [-0.39, 0.29) is 24.0 Å². The van der Waals surface area contributed by atoms with E-state index in [1.165, 1.54) is 16.4 Å². The summed E-state index contributed by atoms with van der Waals surface area (Å²) >= 11 is 0. The first-order valence-electron chi connectivity index (χ1n) is 6.34. The molecule has 1 N–H and O–H groups in total. The molecule has 0 bridgehead atoms. The molecule has 1 saturated heterocycles. The average Bonchev–Trinajstić information content (AvgIpc) is 2.75. The normalized spacial score (nSPS) is 24.5. The second-order valence-electron chi connectivity index (χ2n) is 5.33. The van der Waals surface area contributed by atoms with Crippen molar-refractivity contribution in [3.8, 4) is 0 Å². The molecule has 1 aliphatic heterocycles. The van der Waals surface area contributed by atoms with Crippen LogP contribution in [0.25, 0.3) is 0 Å². The van der Waals surface area contributed by atoms with Gasteiger partial charge in [-0.1, -0.05) is 6.07 Å². The summed E-state index contributed by atoms with van der Waals surface area (Å²) in [5.74, 6) is -0.585. The number of aliphatic hydroxyl groups is 1. The summed E-state index contributed by atoms with van der Waals surface area (Å²) in [6, 6.07) is 3.45. The van der Waals surface area contributed by atoms with Gasteiger partial charge in [0.25, 0.3) is 0 Å². The highest BCUT2D eigenvalue weighted by Gasteiger charge is 2.39. The zero-order chi connectivity index (χ0) is 15.1. The smallest absolute Gasteiger partial charge is 0.243 e. The average molecular weight is 302 g/mol. The van der Waals surface area contributed by atoms with Crippen molar-refractivity contribution in [2.45, 2.75) is 24.0 Å². The van der Waals surface area contributed by atoms with E-state index in [1.807, 2.05) is 0 Å². The number of hydrogen-bond donors (Lipinski definition) is 1. The third-order valence-electron chi connectivity index (χ3n) is 3.66. The molecule has 112 valence electrons. The van der Waals surface area contributed by atoms with E-state index in [2.05, 4.69) is 0 Å². The summed E-state index contributed by atoms with van der Waals surface area (Å²) in [4.78, 5) is 1.75. The van der Waals surface area contributed by atoms with E-state index in [1.54, 1.807) is 25.9 Å². The number of aliphatic hydroxyl groups excluding tert-OH is 1. The van der Waals surface area contributed by atoms with E-state index in [0.717, 1.165) is 6.07 Å². The first kappa shape index (κ1) is 15.4. The van der Waals surface area contributed by atoms with Gasteiger partial charge in [-0.2, -0.15) is 4.31 Å². The Morgan fingerprint density at radius 3 is 2.55 bits per heavy atom. The van der Waals surface area contributed by atoms with Crippen molar-refractivity contribution in [2.75, 3.05) is 27.2 Å². The Labute approximate surface area is 118 Å². The van der Waals surface area contributed by atoms with Gasteiger partial charge in [-0.25, -0.2) is 12.8 Å². The maximum Gasteiger partial charge on any atom is 0.243 e. The van der Waals surface area contributed by atoms with Gasteiger partial charge in [0, 0.05) is 13.1 Å².